The highest BCUT2D eigenvalue weighted by Gasteiger charge is 2.37. The minimum atomic E-state index is -4.43. The quantitative estimate of drug-likeness (QED) is 0.846. The number of piperidine rings is 1. The normalized spacial score (nSPS) is 21.4. The summed E-state index contributed by atoms with van der Waals surface area (Å²) in [5, 5.41) is 9.36. The Kier molecular flexibility index (Phi) is 5.53. The zero-order chi connectivity index (χ0) is 19.7. The molecule has 5 nitrogen and oxygen atoms in total. The number of carbonyl (C=O) groups is 2. The van der Waals surface area contributed by atoms with Gasteiger partial charge in [0.2, 0.25) is 0 Å². The maximum Gasteiger partial charge on any atom is 0.416 e. The van der Waals surface area contributed by atoms with E-state index in [2.05, 4.69) is 0 Å². The minimum Gasteiger partial charge on any atom is -0.481 e. The van der Waals surface area contributed by atoms with Gasteiger partial charge < -0.3 is 14.7 Å². The van der Waals surface area contributed by atoms with Crippen molar-refractivity contribution in [1.29, 1.82) is 0 Å². The van der Waals surface area contributed by atoms with Crippen LogP contribution in [0.1, 0.15) is 44.2 Å². The summed E-state index contributed by atoms with van der Waals surface area (Å²) in [6.07, 6.45) is -4.81. The van der Waals surface area contributed by atoms with Crippen molar-refractivity contribution in [2.45, 2.75) is 44.9 Å². The number of halogens is 3. The molecule has 1 aliphatic rings. The third-order valence-corrected chi connectivity index (χ3v) is 4.16. The molecule has 1 aromatic rings. The monoisotopic (exact) mass is 373 g/mol. The van der Waals surface area contributed by atoms with Crippen LogP contribution in [-0.4, -0.2) is 40.8 Å². The summed E-state index contributed by atoms with van der Waals surface area (Å²) in [5.41, 5.74) is -0.926. The first-order valence-corrected chi connectivity index (χ1v) is 8.24. The first kappa shape index (κ1) is 20.1. The number of carboxylic acids is 1. The van der Waals surface area contributed by atoms with Crippen molar-refractivity contribution in [3.05, 3.63) is 35.4 Å². The molecule has 8 heteroatoms. The summed E-state index contributed by atoms with van der Waals surface area (Å²) in [6.45, 7) is 5.33. The number of nitrogens with zero attached hydrogens (tertiary/aromatic N) is 1. The van der Waals surface area contributed by atoms with E-state index in [0.29, 0.717) is 5.56 Å². The Morgan fingerprint density at radius 2 is 1.69 bits per heavy atom. The number of carboxylic acid groups (broad SMARTS) is 1. The largest absolute Gasteiger partial charge is 0.481 e. The fourth-order valence-corrected chi connectivity index (χ4v) is 2.94. The highest BCUT2D eigenvalue weighted by molar-refractivity contribution is 5.73. The third kappa shape index (κ3) is 5.12. The van der Waals surface area contributed by atoms with E-state index in [1.807, 2.05) is 0 Å². The number of hydrogen-bond donors (Lipinski definition) is 1. The third-order valence-electron chi connectivity index (χ3n) is 4.16. The van der Waals surface area contributed by atoms with Crippen LogP contribution in [0.15, 0.2) is 24.3 Å². The van der Waals surface area contributed by atoms with E-state index >= 15 is 0 Å². The number of alkyl halides is 3. The van der Waals surface area contributed by atoms with Crippen molar-refractivity contribution in [3.8, 4) is 0 Å². The van der Waals surface area contributed by atoms with Gasteiger partial charge in [-0.05, 0) is 44.9 Å². The van der Waals surface area contributed by atoms with Crippen LogP contribution in [0.5, 0.6) is 0 Å². The summed E-state index contributed by atoms with van der Waals surface area (Å²) < 4.78 is 43.4. The van der Waals surface area contributed by atoms with Gasteiger partial charge in [-0.25, -0.2) is 4.79 Å². The number of aliphatic carboxylic acids is 1. The van der Waals surface area contributed by atoms with E-state index in [0.717, 1.165) is 12.1 Å². The molecule has 1 amide bonds. The standard InChI is InChI=1S/C18H22F3NO4/c1-17(2,3)26-16(25)22-9-12(8-13(10-22)15(23)24)11-4-6-14(7-5-11)18(19,20)21/h4-7,12-13H,8-10H2,1-3H3,(H,23,24). The van der Waals surface area contributed by atoms with Crippen LogP contribution in [0.4, 0.5) is 18.0 Å². The average molecular weight is 373 g/mol. The molecule has 0 bridgehead atoms. The second kappa shape index (κ2) is 7.17. The average Bonchev–Trinajstić information content (AvgIpc) is 2.52. The lowest BCUT2D eigenvalue weighted by atomic mass is 9.84. The smallest absolute Gasteiger partial charge is 0.416 e. The van der Waals surface area contributed by atoms with Crippen molar-refractivity contribution in [1.82, 2.24) is 4.90 Å². The van der Waals surface area contributed by atoms with E-state index in [1.165, 1.54) is 17.0 Å². The molecule has 26 heavy (non-hydrogen) atoms. The molecular weight excluding hydrogens is 351 g/mol. The highest BCUT2D eigenvalue weighted by atomic mass is 19.4. The number of ether oxygens (including phenoxy) is 1. The molecule has 1 heterocycles. The number of carbonyl (C=O) groups excluding carboxylic acids is 1. The van der Waals surface area contributed by atoms with Gasteiger partial charge >= 0.3 is 18.2 Å². The second-order valence-corrected chi connectivity index (χ2v) is 7.47. The first-order chi connectivity index (χ1) is 11.9. The van der Waals surface area contributed by atoms with Crippen LogP contribution >= 0.6 is 0 Å². The van der Waals surface area contributed by atoms with Crippen molar-refractivity contribution >= 4 is 12.1 Å². The van der Waals surface area contributed by atoms with Crippen LogP contribution in [0, 0.1) is 5.92 Å². The Bertz CT molecular complexity index is 664. The molecule has 1 aromatic carbocycles. The Morgan fingerprint density at radius 1 is 1.12 bits per heavy atom. The SMILES string of the molecule is CC(C)(C)OC(=O)N1CC(C(=O)O)CC(c2ccc(C(F)(F)F)cc2)C1. The van der Waals surface area contributed by atoms with E-state index < -0.39 is 35.3 Å². The molecule has 1 N–H and O–H groups in total. The van der Waals surface area contributed by atoms with E-state index in [-0.39, 0.29) is 25.4 Å². The van der Waals surface area contributed by atoms with Gasteiger partial charge in [-0.1, -0.05) is 12.1 Å². The van der Waals surface area contributed by atoms with Crippen LogP contribution in [0.3, 0.4) is 0 Å². The molecule has 144 valence electrons. The predicted molar refractivity (Wildman–Crippen MR) is 87.7 cm³/mol. The molecule has 0 aliphatic carbocycles. The summed E-state index contributed by atoms with van der Waals surface area (Å²) in [6, 6.07) is 4.62. The van der Waals surface area contributed by atoms with Gasteiger partial charge in [0.1, 0.15) is 5.60 Å². The molecule has 0 spiro atoms. The molecule has 2 unspecified atom stereocenters. The van der Waals surface area contributed by atoms with Crippen molar-refractivity contribution in [3.63, 3.8) is 0 Å². The number of rotatable bonds is 2. The van der Waals surface area contributed by atoms with Crippen LogP contribution in [0.25, 0.3) is 0 Å². The summed E-state index contributed by atoms with van der Waals surface area (Å²) in [4.78, 5) is 25.1. The molecule has 0 saturated carbocycles. The fraction of sp³-hybridized carbons (Fsp3) is 0.556. The van der Waals surface area contributed by atoms with Crippen molar-refractivity contribution in [2.75, 3.05) is 13.1 Å². The first-order valence-electron chi connectivity index (χ1n) is 8.24. The van der Waals surface area contributed by atoms with Gasteiger partial charge in [-0.3, -0.25) is 4.79 Å². The zero-order valence-corrected chi connectivity index (χ0v) is 14.8. The molecule has 0 aromatic heterocycles. The summed E-state index contributed by atoms with van der Waals surface area (Å²) >= 11 is 0. The minimum absolute atomic E-state index is 0.0153. The van der Waals surface area contributed by atoms with Gasteiger partial charge in [-0.2, -0.15) is 13.2 Å². The topological polar surface area (TPSA) is 66.8 Å². The van der Waals surface area contributed by atoms with Crippen LogP contribution < -0.4 is 0 Å². The lowest BCUT2D eigenvalue weighted by Crippen LogP contribution is -2.47. The molecule has 0 radical (unpaired) electrons. The maximum atomic E-state index is 12.7. The van der Waals surface area contributed by atoms with E-state index in [9.17, 15) is 27.9 Å². The fourth-order valence-electron chi connectivity index (χ4n) is 2.94. The molecule has 2 atom stereocenters. The summed E-state index contributed by atoms with van der Waals surface area (Å²) in [7, 11) is 0. The Morgan fingerprint density at radius 3 is 2.15 bits per heavy atom. The van der Waals surface area contributed by atoms with Gasteiger partial charge in [0, 0.05) is 19.0 Å². The zero-order valence-electron chi connectivity index (χ0n) is 14.8. The van der Waals surface area contributed by atoms with E-state index in [1.54, 1.807) is 20.8 Å². The van der Waals surface area contributed by atoms with Gasteiger partial charge in [0.25, 0.3) is 0 Å². The van der Waals surface area contributed by atoms with Crippen LogP contribution in [0.2, 0.25) is 0 Å². The molecule has 2 rings (SSSR count). The molecule has 1 fully saturated rings. The van der Waals surface area contributed by atoms with Crippen molar-refractivity contribution in [2.24, 2.45) is 5.92 Å². The number of likely N-dealkylation sites (tertiary alicyclic amines) is 1. The van der Waals surface area contributed by atoms with E-state index in [4.69, 9.17) is 4.74 Å². The Hall–Kier alpha value is -2.25. The molecule has 1 aliphatic heterocycles. The van der Waals surface area contributed by atoms with Gasteiger partial charge in [0.15, 0.2) is 0 Å². The molecule has 1 saturated heterocycles. The number of amides is 1. The van der Waals surface area contributed by atoms with Crippen LogP contribution in [-0.2, 0) is 15.7 Å². The van der Waals surface area contributed by atoms with Gasteiger partial charge in [0.05, 0.1) is 11.5 Å². The maximum absolute atomic E-state index is 12.7. The van der Waals surface area contributed by atoms with Gasteiger partial charge in [-0.15, -0.1) is 0 Å². The number of hydrogen-bond acceptors (Lipinski definition) is 3. The lowest BCUT2D eigenvalue weighted by Gasteiger charge is -2.37. The second-order valence-electron chi connectivity index (χ2n) is 7.47. The predicted octanol–water partition coefficient (Wildman–Crippen LogP) is 4.13. The number of benzene rings is 1. The molecular formula is C18H22F3NO4. The Balaban J connectivity index is 2.21. The lowest BCUT2D eigenvalue weighted by molar-refractivity contribution is -0.143. The van der Waals surface area contributed by atoms with Crippen molar-refractivity contribution < 1.29 is 32.6 Å². The highest BCUT2D eigenvalue weighted by Crippen LogP contribution is 2.34. The summed E-state index contributed by atoms with van der Waals surface area (Å²) in [5.74, 6) is -2.22. The Labute approximate surface area is 149 Å².